The standard InChI is InChI=1S/C21H25F3N4O2/c22-21(23,24)13-6-7-17(18(30)11-13)19-15-4-1-5-16(15)20(27-26-19)25-14-3-2-8-28(12-14)9-10-29/h6-7,11,14,29-30H,1-5,8-10,12H2,(H,25,27). The topological polar surface area (TPSA) is 81.5 Å². The van der Waals surface area contributed by atoms with Crippen molar-refractivity contribution in [2.45, 2.75) is 44.3 Å². The summed E-state index contributed by atoms with van der Waals surface area (Å²) in [6.07, 6.45) is -0.00960. The summed E-state index contributed by atoms with van der Waals surface area (Å²) >= 11 is 0. The average molecular weight is 422 g/mol. The number of aromatic nitrogens is 2. The molecule has 2 aromatic rings. The second-order valence-electron chi connectivity index (χ2n) is 7.95. The van der Waals surface area contributed by atoms with Crippen LogP contribution in [-0.2, 0) is 19.0 Å². The Kier molecular flexibility index (Phi) is 5.84. The molecule has 162 valence electrons. The van der Waals surface area contributed by atoms with E-state index < -0.39 is 17.5 Å². The van der Waals surface area contributed by atoms with Crippen molar-refractivity contribution < 1.29 is 23.4 Å². The number of nitrogens with one attached hydrogen (secondary N) is 1. The molecule has 1 atom stereocenters. The maximum Gasteiger partial charge on any atom is 0.416 e. The van der Waals surface area contributed by atoms with Crippen LogP contribution in [0.1, 0.15) is 36.0 Å². The molecule has 1 fully saturated rings. The van der Waals surface area contributed by atoms with Gasteiger partial charge in [-0.3, -0.25) is 4.90 Å². The van der Waals surface area contributed by atoms with Crippen molar-refractivity contribution in [3.8, 4) is 17.0 Å². The molecule has 9 heteroatoms. The first-order valence-corrected chi connectivity index (χ1v) is 10.3. The number of hydrogen-bond donors (Lipinski definition) is 3. The third-order valence-electron chi connectivity index (χ3n) is 5.88. The highest BCUT2D eigenvalue weighted by Crippen LogP contribution is 2.40. The Balaban J connectivity index is 1.60. The summed E-state index contributed by atoms with van der Waals surface area (Å²) in [4.78, 5) is 2.21. The van der Waals surface area contributed by atoms with E-state index in [1.54, 1.807) is 0 Å². The molecule has 1 saturated heterocycles. The van der Waals surface area contributed by atoms with Crippen molar-refractivity contribution in [2.24, 2.45) is 0 Å². The van der Waals surface area contributed by atoms with Gasteiger partial charge in [0.15, 0.2) is 5.82 Å². The number of likely N-dealkylation sites (tertiary alicyclic amines) is 1. The molecule has 1 unspecified atom stereocenters. The molecule has 30 heavy (non-hydrogen) atoms. The van der Waals surface area contributed by atoms with Gasteiger partial charge in [0.05, 0.1) is 12.2 Å². The third kappa shape index (κ3) is 4.22. The lowest BCUT2D eigenvalue weighted by molar-refractivity contribution is -0.137. The molecule has 0 radical (unpaired) electrons. The van der Waals surface area contributed by atoms with Gasteiger partial charge in [-0.2, -0.15) is 13.2 Å². The van der Waals surface area contributed by atoms with E-state index >= 15 is 0 Å². The van der Waals surface area contributed by atoms with Crippen LogP contribution < -0.4 is 5.32 Å². The number of hydrogen-bond acceptors (Lipinski definition) is 6. The van der Waals surface area contributed by atoms with Crippen LogP contribution in [0.3, 0.4) is 0 Å². The zero-order chi connectivity index (χ0) is 21.3. The van der Waals surface area contributed by atoms with E-state index in [2.05, 4.69) is 20.4 Å². The lowest BCUT2D eigenvalue weighted by Gasteiger charge is -2.33. The molecule has 2 aliphatic rings. The first-order chi connectivity index (χ1) is 14.4. The lowest BCUT2D eigenvalue weighted by Crippen LogP contribution is -2.43. The molecule has 0 saturated carbocycles. The fourth-order valence-corrected chi connectivity index (χ4v) is 4.44. The summed E-state index contributed by atoms with van der Waals surface area (Å²) in [5.41, 5.74) is 1.79. The molecule has 0 bridgehead atoms. The van der Waals surface area contributed by atoms with Crippen molar-refractivity contribution in [1.29, 1.82) is 0 Å². The van der Waals surface area contributed by atoms with Gasteiger partial charge in [-0.15, -0.1) is 10.2 Å². The first-order valence-electron chi connectivity index (χ1n) is 10.3. The monoisotopic (exact) mass is 422 g/mol. The summed E-state index contributed by atoms with van der Waals surface area (Å²) < 4.78 is 38.7. The molecular formula is C21H25F3N4O2. The predicted octanol–water partition coefficient (Wildman–Crippen LogP) is 3.23. The van der Waals surface area contributed by atoms with Crippen LogP contribution in [0.5, 0.6) is 5.75 Å². The zero-order valence-electron chi connectivity index (χ0n) is 16.5. The highest BCUT2D eigenvalue weighted by atomic mass is 19.4. The summed E-state index contributed by atoms with van der Waals surface area (Å²) in [6.45, 7) is 2.56. The van der Waals surface area contributed by atoms with Crippen LogP contribution >= 0.6 is 0 Å². The molecule has 1 aromatic heterocycles. The summed E-state index contributed by atoms with van der Waals surface area (Å²) in [5.74, 6) is 0.273. The lowest BCUT2D eigenvalue weighted by atomic mass is 10.0. The second kappa shape index (κ2) is 8.39. The number of piperidine rings is 1. The van der Waals surface area contributed by atoms with Gasteiger partial charge < -0.3 is 15.5 Å². The minimum absolute atomic E-state index is 0.132. The van der Waals surface area contributed by atoms with Gasteiger partial charge in [0, 0.05) is 30.3 Å². The number of phenolic OH excluding ortho intramolecular Hbond substituents is 1. The SMILES string of the molecule is OCCN1CCCC(Nc2nnc(-c3ccc(C(F)(F)F)cc3O)c3c2CCC3)C1. The molecule has 6 nitrogen and oxygen atoms in total. The Morgan fingerprint density at radius 1 is 1.13 bits per heavy atom. The van der Waals surface area contributed by atoms with Crippen LogP contribution in [0.25, 0.3) is 11.3 Å². The average Bonchev–Trinajstić information content (AvgIpc) is 3.19. The van der Waals surface area contributed by atoms with Gasteiger partial charge >= 0.3 is 6.18 Å². The van der Waals surface area contributed by atoms with Crippen LogP contribution in [0.15, 0.2) is 18.2 Å². The number of alkyl halides is 3. The zero-order valence-corrected chi connectivity index (χ0v) is 16.5. The van der Waals surface area contributed by atoms with Crippen molar-refractivity contribution in [1.82, 2.24) is 15.1 Å². The van der Waals surface area contributed by atoms with E-state index in [1.165, 1.54) is 6.07 Å². The number of halogens is 3. The van der Waals surface area contributed by atoms with E-state index in [0.717, 1.165) is 68.5 Å². The smallest absolute Gasteiger partial charge is 0.416 e. The summed E-state index contributed by atoms with van der Waals surface area (Å²) in [7, 11) is 0. The number of benzene rings is 1. The van der Waals surface area contributed by atoms with E-state index in [0.29, 0.717) is 18.1 Å². The molecule has 0 amide bonds. The van der Waals surface area contributed by atoms with Gasteiger partial charge in [-0.05, 0) is 62.4 Å². The van der Waals surface area contributed by atoms with Gasteiger partial charge in [-0.1, -0.05) is 0 Å². The summed E-state index contributed by atoms with van der Waals surface area (Å²) in [6, 6.07) is 3.17. The second-order valence-corrected chi connectivity index (χ2v) is 7.95. The minimum Gasteiger partial charge on any atom is -0.507 e. The highest BCUT2D eigenvalue weighted by Gasteiger charge is 2.32. The van der Waals surface area contributed by atoms with Crippen molar-refractivity contribution >= 4 is 5.82 Å². The maximum atomic E-state index is 12.9. The van der Waals surface area contributed by atoms with Gasteiger partial charge in [0.2, 0.25) is 0 Å². The molecule has 2 heterocycles. The number of rotatable bonds is 5. The molecule has 3 N–H and O–H groups in total. The van der Waals surface area contributed by atoms with Gasteiger partial charge in [0.1, 0.15) is 11.4 Å². The van der Waals surface area contributed by atoms with E-state index in [9.17, 15) is 23.4 Å². The number of anilines is 1. The Hall–Kier alpha value is -2.39. The van der Waals surface area contributed by atoms with E-state index in [-0.39, 0.29) is 18.2 Å². The first kappa shape index (κ1) is 20.9. The van der Waals surface area contributed by atoms with E-state index in [1.807, 2.05) is 0 Å². The van der Waals surface area contributed by atoms with Crippen molar-refractivity contribution in [3.05, 3.63) is 34.9 Å². The van der Waals surface area contributed by atoms with Gasteiger partial charge in [0.25, 0.3) is 0 Å². The maximum absolute atomic E-state index is 12.9. The number of aliphatic hydroxyl groups is 1. The number of nitrogens with zero attached hydrogens (tertiary/aromatic N) is 3. The minimum atomic E-state index is -4.51. The predicted molar refractivity (Wildman–Crippen MR) is 106 cm³/mol. The van der Waals surface area contributed by atoms with Crippen molar-refractivity contribution in [3.63, 3.8) is 0 Å². The Bertz CT molecular complexity index is 918. The molecule has 0 spiro atoms. The number of aliphatic hydroxyl groups excluding tert-OH is 1. The largest absolute Gasteiger partial charge is 0.507 e. The Morgan fingerprint density at radius 3 is 2.67 bits per heavy atom. The summed E-state index contributed by atoms with van der Waals surface area (Å²) in [5, 5.41) is 31.5. The molecular weight excluding hydrogens is 397 g/mol. The Labute approximate surface area is 172 Å². The number of phenols is 1. The van der Waals surface area contributed by atoms with E-state index in [4.69, 9.17) is 0 Å². The quantitative estimate of drug-likeness (QED) is 0.687. The number of β-amino-alcohol motifs (C(OH)–C–C–N with tert-alkyl or cyclic N) is 1. The Morgan fingerprint density at radius 2 is 1.93 bits per heavy atom. The number of aromatic hydroxyl groups is 1. The van der Waals surface area contributed by atoms with Gasteiger partial charge in [-0.25, -0.2) is 0 Å². The molecule has 1 aromatic carbocycles. The molecule has 1 aliphatic heterocycles. The van der Waals surface area contributed by atoms with Crippen molar-refractivity contribution in [2.75, 3.05) is 31.6 Å². The normalized spacial score (nSPS) is 19.7. The molecule has 1 aliphatic carbocycles. The fourth-order valence-electron chi connectivity index (χ4n) is 4.44. The van der Waals surface area contributed by atoms with Crippen LogP contribution in [0.4, 0.5) is 19.0 Å². The van der Waals surface area contributed by atoms with Crippen LogP contribution in [0.2, 0.25) is 0 Å². The van der Waals surface area contributed by atoms with Crippen LogP contribution in [0, 0.1) is 0 Å². The van der Waals surface area contributed by atoms with Crippen LogP contribution in [-0.4, -0.2) is 57.6 Å². The highest BCUT2D eigenvalue weighted by molar-refractivity contribution is 5.73. The third-order valence-corrected chi connectivity index (χ3v) is 5.88. The number of fused-ring (bicyclic) bond motifs is 1. The fraction of sp³-hybridized carbons (Fsp3) is 0.524. The molecule has 4 rings (SSSR count).